The molecule has 21 heavy (non-hydrogen) atoms. The Morgan fingerprint density at radius 2 is 2.14 bits per heavy atom. The highest BCUT2D eigenvalue weighted by Crippen LogP contribution is 2.27. The van der Waals surface area contributed by atoms with Crippen molar-refractivity contribution in [3.05, 3.63) is 35.4 Å². The average Bonchev–Trinajstić information content (AvgIpc) is 2.74. The Morgan fingerprint density at radius 3 is 2.71 bits per heavy atom. The van der Waals surface area contributed by atoms with Gasteiger partial charge in [0, 0.05) is 24.1 Å². The van der Waals surface area contributed by atoms with Crippen LogP contribution in [0.4, 0.5) is 8.78 Å². The predicted octanol–water partition coefficient (Wildman–Crippen LogP) is 3.08. The maximum atomic E-state index is 13.6. The summed E-state index contributed by atoms with van der Waals surface area (Å²) in [6.45, 7) is 1.68. The molecule has 0 heterocycles. The summed E-state index contributed by atoms with van der Waals surface area (Å²) in [4.78, 5) is 11.9. The molecule has 0 bridgehead atoms. The van der Waals surface area contributed by atoms with Gasteiger partial charge in [-0.3, -0.25) is 4.79 Å². The summed E-state index contributed by atoms with van der Waals surface area (Å²) in [7, 11) is 0. The van der Waals surface area contributed by atoms with Gasteiger partial charge in [-0.05, 0) is 31.7 Å². The standard InChI is InChI=1S/C15H20F2N2O.ClH/c1-9(12-6-5-11(16)8-13(12)17)19-15(20)7-10-3-2-4-14(10)18;/h5-6,8-10,14H,2-4,7,18H2,1H3,(H,19,20);1H/t9-,10+,14-;/m1./s1. The van der Waals surface area contributed by atoms with Gasteiger partial charge >= 0.3 is 0 Å². The fraction of sp³-hybridized carbons (Fsp3) is 0.533. The Hall–Kier alpha value is -1.20. The molecule has 0 aliphatic heterocycles. The Balaban J connectivity index is 0.00000220. The number of benzene rings is 1. The van der Waals surface area contributed by atoms with Crippen LogP contribution in [0.5, 0.6) is 0 Å². The summed E-state index contributed by atoms with van der Waals surface area (Å²) in [5.74, 6) is -1.19. The number of carbonyl (C=O) groups is 1. The summed E-state index contributed by atoms with van der Waals surface area (Å²) >= 11 is 0. The molecular weight excluding hydrogens is 298 g/mol. The summed E-state index contributed by atoms with van der Waals surface area (Å²) in [5.41, 5.74) is 6.22. The number of nitrogens with two attached hydrogens (primary N) is 1. The number of nitrogens with one attached hydrogen (secondary N) is 1. The lowest BCUT2D eigenvalue weighted by Gasteiger charge is -2.18. The van der Waals surface area contributed by atoms with E-state index in [0.29, 0.717) is 6.42 Å². The molecule has 1 fully saturated rings. The van der Waals surface area contributed by atoms with E-state index < -0.39 is 17.7 Å². The Kier molecular flexibility index (Phi) is 6.55. The van der Waals surface area contributed by atoms with Gasteiger partial charge in [-0.25, -0.2) is 8.78 Å². The van der Waals surface area contributed by atoms with Crippen LogP contribution in [0.3, 0.4) is 0 Å². The minimum absolute atomic E-state index is 0. The molecule has 1 amide bonds. The molecular formula is C15H21ClF2N2O. The first-order valence-corrected chi connectivity index (χ1v) is 6.97. The van der Waals surface area contributed by atoms with Crippen molar-refractivity contribution < 1.29 is 13.6 Å². The lowest BCUT2D eigenvalue weighted by molar-refractivity contribution is -0.122. The molecule has 1 aliphatic rings. The maximum Gasteiger partial charge on any atom is 0.220 e. The molecule has 0 unspecified atom stereocenters. The minimum Gasteiger partial charge on any atom is -0.349 e. The molecule has 0 saturated heterocycles. The van der Waals surface area contributed by atoms with Crippen molar-refractivity contribution in [3.8, 4) is 0 Å². The van der Waals surface area contributed by atoms with E-state index in [0.717, 1.165) is 25.3 Å². The summed E-state index contributed by atoms with van der Waals surface area (Å²) < 4.78 is 26.5. The van der Waals surface area contributed by atoms with E-state index >= 15 is 0 Å². The monoisotopic (exact) mass is 318 g/mol. The van der Waals surface area contributed by atoms with Crippen LogP contribution in [0.15, 0.2) is 18.2 Å². The molecule has 118 valence electrons. The van der Waals surface area contributed by atoms with Crippen LogP contribution in [-0.2, 0) is 4.79 Å². The second kappa shape index (κ2) is 7.71. The maximum absolute atomic E-state index is 13.6. The highest BCUT2D eigenvalue weighted by Gasteiger charge is 2.26. The number of rotatable bonds is 4. The zero-order chi connectivity index (χ0) is 14.7. The van der Waals surface area contributed by atoms with Crippen LogP contribution in [0, 0.1) is 17.6 Å². The smallest absolute Gasteiger partial charge is 0.220 e. The van der Waals surface area contributed by atoms with Crippen molar-refractivity contribution in [2.24, 2.45) is 11.7 Å². The molecule has 3 nitrogen and oxygen atoms in total. The lowest BCUT2D eigenvalue weighted by Crippen LogP contribution is -2.33. The molecule has 1 aliphatic carbocycles. The molecule has 1 saturated carbocycles. The van der Waals surface area contributed by atoms with Gasteiger partial charge in [0.15, 0.2) is 0 Å². The normalized spacial score (nSPS) is 22.5. The zero-order valence-corrected chi connectivity index (χ0v) is 12.8. The first kappa shape index (κ1) is 17.9. The Morgan fingerprint density at radius 1 is 1.43 bits per heavy atom. The van der Waals surface area contributed by atoms with Crippen molar-refractivity contribution in [3.63, 3.8) is 0 Å². The molecule has 1 aromatic carbocycles. The third-order valence-corrected chi connectivity index (χ3v) is 3.97. The molecule has 3 atom stereocenters. The number of halogens is 3. The van der Waals surface area contributed by atoms with Crippen LogP contribution in [0.2, 0.25) is 0 Å². The highest BCUT2D eigenvalue weighted by molar-refractivity contribution is 5.85. The van der Waals surface area contributed by atoms with E-state index in [4.69, 9.17) is 5.73 Å². The average molecular weight is 319 g/mol. The quantitative estimate of drug-likeness (QED) is 0.896. The molecule has 0 aromatic heterocycles. The molecule has 0 radical (unpaired) electrons. The Labute approximate surface area is 129 Å². The summed E-state index contributed by atoms with van der Waals surface area (Å²) in [5, 5.41) is 2.75. The van der Waals surface area contributed by atoms with E-state index in [2.05, 4.69) is 5.32 Å². The zero-order valence-electron chi connectivity index (χ0n) is 11.9. The van der Waals surface area contributed by atoms with E-state index in [1.807, 2.05) is 0 Å². The molecule has 2 rings (SSSR count). The number of hydrogen-bond acceptors (Lipinski definition) is 2. The van der Waals surface area contributed by atoms with Crippen LogP contribution in [0.25, 0.3) is 0 Å². The van der Waals surface area contributed by atoms with Crippen molar-refractivity contribution in [1.82, 2.24) is 5.32 Å². The van der Waals surface area contributed by atoms with Crippen molar-refractivity contribution >= 4 is 18.3 Å². The SMILES string of the molecule is C[C@@H](NC(=O)C[C@@H]1CCC[C@H]1N)c1ccc(F)cc1F.Cl. The summed E-state index contributed by atoms with van der Waals surface area (Å²) in [6.07, 6.45) is 3.35. The van der Waals surface area contributed by atoms with Crippen LogP contribution < -0.4 is 11.1 Å². The van der Waals surface area contributed by atoms with E-state index in [-0.39, 0.29) is 35.8 Å². The van der Waals surface area contributed by atoms with E-state index in [1.54, 1.807) is 6.92 Å². The number of amides is 1. The first-order valence-electron chi connectivity index (χ1n) is 6.97. The first-order chi connectivity index (χ1) is 9.47. The highest BCUT2D eigenvalue weighted by atomic mass is 35.5. The third-order valence-electron chi connectivity index (χ3n) is 3.97. The minimum atomic E-state index is -0.643. The van der Waals surface area contributed by atoms with Gasteiger partial charge in [-0.15, -0.1) is 12.4 Å². The van der Waals surface area contributed by atoms with Gasteiger partial charge in [0.1, 0.15) is 11.6 Å². The molecule has 1 aromatic rings. The second-order valence-corrected chi connectivity index (χ2v) is 5.51. The second-order valence-electron chi connectivity index (χ2n) is 5.51. The van der Waals surface area contributed by atoms with Crippen LogP contribution in [-0.4, -0.2) is 11.9 Å². The third kappa shape index (κ3) is 4.64. The van der Waals surface area contributed by atoms with E-state index in [1.165, 1.54) is 12.1 Å². The lowest BCUT2D eigenvalue weighted by atomic mass is 9.99. The number of carbonyl (C=O) groups excluding carboxylic acids is 1. The van der Waals surface area contributed by atoms with Crippen molar-refractivity contribution in [1.29, 1.82) is 0 Å². The van der Waals surface area contributed by atoms with Gasteiger partial charge in [-0.2, -0.15) is 0 Å². The van der Waals surface area contributed by atoms with Crippen LogP contribution in [0.1, 0.15) is 44.2 Å². The van der Waals surface area contributed by atoms with Crippen molar-refractivity contribution in [2.45, 2.75) is 44.7 Å². The predicted molar refractivity (Wildman–Crippen MR) is 80.1 cm³/mol. The topological polar surface area (TPSA) is 55.1 Å². The fourth-order valence-corrected chi connectivity index (χ4v) is 2.79. The van der Waals surface area contributed by atoms with Gasteiger partial charge in [0.05, 0.1) is 6.04 Å². The fourth-order valence-electron chi connectivity index (χ4n) is 2.79. The Bertz CT molecular complexity index is 499. The number of hydrogen-bond donors (Lipinski definition) is 2. The molecule has 3 N–H and O–H groups in total. The van der Waals surface area contributed by atoms with E-state index in [9.17, 15) is 13.6 Å². The van der Waals surface area contributed by atoms with Crippen molar-refractivity contribution in [2.75, 3.05) is 0 Å². The van der Waals surface area contributed by atoms with Crippen LogP contribution >= 0.6 is 12.4 Å². The van der Waals surface area contributed by atoms with Gasteiger partial charge in [-0.1, -0.05) is 12.5 Å². The molecule has 0 spiro atoms. The largest absolute Gasteiger partial charge is 0.349 e. The van der Waals surface area contributed by atoms with Gasteiger partial charge in [0.2, 0.25) is 5.91 Å². The molecule has 6 heteroatoms. The summed E-state index contributed by atoms with van der Waals surface area (Å²) in [6, 6.07) is 2.97. The van der Waals surface area contributed by atoms with Gasteiger partial charge in [0.25, 0.3) is 0 Å². The van der Waals surface area contributed by atoms with Gasteiger partial charge < -0.3 is 11.1 Å².